The maximum absolute atomic E-state index is 11.9. The molecule has 1 aliphatic heterocycles. The van der Waals surface area contributed by atoms with Crippen molar-refractivity contribution in [1.82, 2.24) is 10.2 Å². The minimum atomic E-state index is 0.0849. The molecule has 86 valence electrons. The summed E-state index contributed by atoms with van der Waals surface area (Å²) in [6.45, 7) is 6.13. The lowest BCUT2D eigenvalue weighted by molar-refractivity contribution is -0.129. The molecule has 1 N–H and O–H groups in total. The summed E-state index contributed by atoms with van der Waals surface area (Å²) in [7, 11) is 0. The summed E-state index contributed by atoms with van der Waals surface area (Å²) in [6, 6.07) is 0.0849. The number of amides is 1. The summed E-state index contributed by atoms with van der Waals surface area (Å²) >= 11 is 0. The van der Waals surface area contributed by atoms with Crippen LogP contribution in [0.2, 0.25) is 0 Å². The van der Waals surface area contributed by atoms with Gasteiger partial charge >= 0.3 is 0 Å². The Morgan fingerprint density at radius 1 is 1.47 bits per heavy atom. The molecule has 0 spiro atoms. The highest BCUT2D eigenvalue weighted by Gasteiger charge is 2.33. The van der Waals surface area contributed by atoms with Crippen LogP contribution in [0.1, 0.15) is 39.5 Å². The first kappa shape index (κ1) is 10.9. The molecule has 1 aliphatic carbocycles. The van der Waals surface area contributed by atoms with E-state index < -0.39 is 0 Å². The van der Waals surface area contributed by atoms with Crippen LogP contribution < -0.4 is 5.32 Å². The van der Waals surface area contributed by atoms with E-state index in [1.807, 2.05) is 4.90 Å². The van der Waals surface area contributed by atoms with E-state index in [0.29, 0.717) is 5.91 Å². The summed E-state index contributed by atoms with van der Waals surface area (Å²) in [5, 5.41) is 3.27. The molecule has 0 aromatic carbocycles. The summed E-state index contributed by atoms with van der Waals surface area (Å²) in [5.41, 5.74) is 0. The van der Waals surface area contributed by atoms with Crippen molar-refractivity contribution >= 4 is 5.91 Å². The van der Waals surface area contributed by atoms with Crippen LogP contribution in [0.25, 0.3) is 0 Å². The topological polar surface area (TPSA) is 32.3 Å². The third kappa shape index (κ3) is 2.17. The number of carbonyl (C=O) groups is 1. The minimum Gasteiger partial charge on any atom is -0.328 e. The fraction of sp³-hybridized carbons (Fsp3) is 0.917. The molecule has 0 radical (unpaired) electrons. The van der Waals surface area contributed by atoms with E-state index in [-0.39, 0.29) is 6.04 Å². The summed E-state index contributed by atoms with van der Waals surface area (Å²) in [4.78, 5) is 13.9. The molecule has 3 nitrogen and oxygen atoms in total. The molecule has 0 aromatic heterocycles. The van der Waals surface area contributed by atoms with Crippen LogP contribution in [-0.2, 0) is 4.79 Å². The van der Waals surface area contributed by atoms with Crippen LogP contribution in [0.4, 0.5) is 0 Å². The second kappa shape index (κ2) is 4.52. The lowest BCUT2D eigenvalue weighted by Gasteiger charge is -2.22. The second-order valence-corrected chi connectivity index (χ2v) is 5.05. The largest absolute Gasteiger partial charge is 0.328 e. The van der Waals surface area contributed by atoms with Crippen molar-refractivity contribution in [3.05, 3.63) is 0 Å². The monoisotopic (exact) mass is 210 g/mol. The highest BCUT2D eigenvalue weighted by molar-refractivity contribution is 5.83. The van der Waals surface area contributed by atoms with Crippen LogP contribution in [0.5, 0.6) is 0 Å². The van der Waals surface area contributed by atoms with Crippen LogP contribution in [-0.4, -0.2) is 30.1 Å². The normalized spacial score (nSPS) is 36.5. The predicted octanol–water partition coefficient (Wildman–Crippen LogP) is 1.59. The van der Waals surface area contributed by atoms with Crippen LogP contribution in [0, 0.1) is 11.8 Å². The Morgan fingerprint density at radius 3 is 2.80 bits per heavy atom. The quantitative estimate of drug-likeness (QED) is 0.767. The molecular formula is C12H22N2O. The van der Waals surface area contributed by atoms with Gasteiger partial charge in [0.05, 0.1) is 12.7 Å². The summed E-state index contributed by atoms with van der Waals surface area (Å²) < 4.78 is 0. The number of rotatable bonds is 3. The fourth-order valence-corrected chi connectivity index (χ4v) is 2.86. The molecule has 2 fully saturated rings. The fourth-order valence-electron chi connectivity index (χ4n) is 2.86. The maximum atomic E-state index is 11.9. The van der Waals surface area contributed by atoms with Gasteiger partial charge in [-0.05, 0) is 24.7 Å². The Hall–Kier alpha value is -0.570. The Bertz CT molecular complexity index is 242. The Labute approximate surface area is 92.2 Å². The van der Waals surface area contributed by atoms with Crippen LogP contribution >= 0.6 is 0 Å². The molecule has 3 unspecified atom stereocenters. The second-order valence-electron chi connectivity index (χ2n) is 5.05. The van der Waals surface area contributed by atoms with Gasteiger partial charge in [0.15, 0.2) is 0 Å². The molecule has 1 heterocycles. The lowest BCUT2D eigenvalue weighted by Crippen LogP contribution is -2.34. The third-order valence-electron chi connectivity index (χ3n) is 4.04. The van der Waals surface area contributed by atoms with E-state index in [9.17, 15) is 4.79 Å². The van der Waals surface area contributed by atoms with Gasteiger partial charge in [0.2, 0.25) is 5.91 Å². The van der Waals surface area contributed by atoms with E-state index in [4.69, 9.17) is 0 Å². The first-order chi connectivity index (χ1) is 7.22. The predicted molar refractivity (Wildman–Crippen MR) is 60.3 cm³/mol. The molecule has 2 rings (SSSR count). The standard InChI is InChI=1S/C12H22N2O/c1-3-11-12(15)14(8-13-11)7-10-6-4-5-9(10)2/h9-11,13H,3-8H2,1-2H3. The number of hydrogen-bond acceptors (Lipinski definition) is 2. The minimum absolute atomic E-state index is 0.0849. The molecule has 1 saturated heterocycles. The molecule has 1 saturated carbocycles. The van der Waals surface area contributed by atoms with Gasteiger partial charge in [-0.25, -0.2) is 0 Å². The zero-order valence-electron chi connectivity index (χ0n) is 9.83. The Morgan fingerprint density at radius 2 is 2.27 bits per heavy atom. The molecule has 15 heavy (non-hydrogen) atoms. The third-order valence-corrected chi connectivity index (χ3v) is 4.04. The molecule has 0 aromatic rings. The maximum Gasteiger partial charge on any atom is 0.240 e. The van der Waals surface area contributed by atoms with Gasteiger partial charge in [-0.2, -0.15) is 0 Å². The summed E-state index contributed by atoms with van der Waals surface area (Å²) in [6.07, 6.45) is 4.91. The van der Waals surface area contributed by atoms with Crippen LogP contribution in [0.3, 0.4) is 0 Å². The van der Waals surface area contributed by atoms with E-state index in [2.05, 4.69) is 19.2 Å². The number of hydrogen-bond donors (Lipinski definition) is 1. The molecule has 1 amide bonds. The highest BCUT2D eigenvalue weighted by Crippen LogP contribution is 2.32. The van der Waals surface area contributed by atoms with Crippen molar-refractivity contribution in [2.75, 3.05) is 13.2 Å². The van der Waals surface area contributed by atoms with E-state index in [1.54, 1.807) is 0 Å². The zero-order chi connectivity index (χ0) is 10.8. The molecule has 3 heteroatoms. The van der Waals surface area contributed by atoms with E-state index >= 15 is 0 Å². The zero-order valence-corrected chi connectivity index (χ0v) is 9.83. The lowest BCUT2D eigenvalue weighted by atomic mass is 9.97. The Kier molecular flexibility index (Phi) is 3.29. The van der Waals surface area contributed by atoms with E-state index in [1.165, 1.54) is 19.3 Å². The molecule has 3 atom stereocenters. The first-order valence-corrected chi connectivity index (χ1v) is 6.24. The van der Waals surface area contributed by atoms with Gasteiger partial charge in [0.1, 0.15) is 0 Å². The smallest absolute Gasteiger partial charge is 0.240 e. The van der Waals surface area contributed by atoms with Gasteiger partial charge in [0, 0.05) is 6.54 Å². The average Bonchev–Trinajstić information content (AvgIpc) is 2.77. The number of carbonyl (C=O) groups excluding carboxylic acids is 1. The summed E-state index contributed by atoms with van der Waals surface area (Å²) in [5.74, 6) is 1.86. The molecular weight excluding hydrogens is 188 g/mol. The van der Waals surface area contributed by atoms with Gasteiger partial charge in [-0.1, -0.05) is 26.7 Å². The van der Waals surface area contributed by atoms with Crippen molar-refractivity contribution < 1.29 is 4.79 Å². The van der Waals surface area contributed by atoms with Gasteiger partial charge in [-0.15, -0.1) is 0 Å². The van der Waals surface area contributed by atoms with Gasteiger partial charge < -0.3 is 4.90 Å². The Balaban J connectivity index is 1.87. The first-order valence-electron chi connectivity index (χ1n) is 6.24. The van der Waals surface area contributed by atoms with Crippen molar-refractivity contribution in [2.45, 2.75) is 45.6 Å². The van der Waals surface area contributed by atoms with Crippen molar-refractivity contribution in [1.29, 1.82) is 0 Å². The number of nitrogens with one attached hydrogen (secondary N) is 1. The highest BCUT2D eigenvalue weighted by atomic mass is 16.2. The van der Waals surface area contributed by atoms with Crippen LogP contribution in [0.15, 0.2) is 0 Å². The van der Waals surface area contributed by atoms with Gasteiger partial charge in [0.25, 0.3) is 0 Å². The molecule has 2 aliphatic rings. The van der Waals surface area contributed by atoms with Gasteiger partial charge in [-0.3, -0.25) is 10.1 Å². The average molecular weight is 210 g/mol. The SMILES string of the molecule is CCC1NCN(CC2CCCC2C)C1=O. The van der Waals surface area contributed by atoms with Crippen molar-refractivity contribution in [3.8, 4) is 0 Å². The van der Waals surface area contributed by atoms with Crippen molar-refractivity contribution in [2.24, 2.45) is 11.8 Å². The molecule has 0 bridgehead atoms. The number of nitrogens with zero attached hydrogens (tertiary/aromatic N) is 1. The van der Waals surface area contributed by atoms with E-state index in [0.717, 1.165) is 31.5 Å². The van der Waals surface area contributed by atoms with Crippen molar-refractivity contribution in [3.63, 3.8) is 0 Å².